The Balaban J connectivity index is 1.93. The van der Waals surface area contributed by atoms with Gasteiger partial charge in [-0.15, -0.1) is 0 Å². The van der Waals surface area contributed by atoms with Gasteiger partial charge in [0, 0.05) is 6.04 Å². The summed E-state index contributed by atoms with van der Waals surface area (Å²) in [5.41, 5.74) is 0. The highest BCUT2D eigenvalue weighted by Crippen LogP contribution is 2.22. The zero-order valence-electron chi connectivity index (χ0n) is 7.10. The van der Waals surface area contributed by atoms with Crippen LogP contribution in [0.25, 0.3) is 0 Å². The third-order valence-corrected chi connectivity index (χ3v) is 3.05. The largest absolute Gasteiger partial charge is 0.317 e. The summed E-state index contributed by atoms with van der Waals surface area (Å²) >= 11 is 0. The van der Waals surface area contributed by atoms with Crippen LogP contribution in [0.15, 0.2) is 0 Å². The Morgan fingerprint density at radius 2 is 1.82 bits per heavy atom. The van der Waals surface area contributed by atoms with Crippen LogP contribution in [0.1, 0.15) is 25.7 Å². The third-order valence-electron chi connectivity index (χ3n) is 3.05. The first-order valence-electron chi connectivity index (χ1n) is 4.91. The average Bonchev–Trinajstić information content (AvgIpc) is 2.28. The molecule has 0 radical (unpaired) electrons. The van der Waals surface area contributed by atoms with Gasteiger partial charge in [-0.1, -0.05) is 0 Å². The Labute approximate surface area is 68.7 Å². The Morgan fingerprint density at radius 1 is 0.909 bits per heavy atom. The molecule has 2 nitrogen and oxygen atoms in total. The molecule has 0 aromatic rings. The molecule has 0 unspecified atom stereocenters. The second-order valence-electron chi connectivity index (χ2n) is 3.79. The minimum Gasteiger partial charge on any atom is -0.317 e. The summed E-state index contributed by atoms with van der Waals surface area (Å²) < 4.78 is 0. The monoisotopic (exact) mass is 154 g/mol. The molecule has 2 N–H and O–H groups in total. The summed E-state index contributed by atoms with van der Waals surface area (Å²) in [6.45, 7) is 3.71. The lowest BCUT2D eigenvalue weighted by atomic mass is 9.87. The van der Waals surface area contributed by atoms with Gasteiger partial charge in [0.1, 0.15) is 0 Å². The topological polar surface area (TPSA) is 24.1 Å². The molecule has 0 saturated carbocycles. The molecule has 2 rings (SSSR count). The van der Waals surface area contributed by atoms with E-state index in [9.17, 15) is 0 Å². The van der Waals surface area contributed by atoms with Crippen LogP contribution in [0.5, 0.6) is 0 Å². The molecule has 2 fully saturated rings. The van der Waals surface area contributed by atoms with Crippen LogP contribution in [0.2, 0.25) is 0 Å². The Hall–Kier alpha value is -0.0800. The minimum absolute atomic E-state index is 0.832. The van der Waals surface area contributed by atoms with E-state index in [0.29, 0.717) is 0 Å². The second-order valence-corrected chi connectivity index (χ2v) is 3.79. The van der Waals surface area contributed by atoms with Gasteiger partial charge in [0.15, 0.2) is 0 Å². The van der Waals surface area contributed by atoms with Crippen LogP contribution in [-0.2, 0) is 0 Å². The van der Waals surface area contributed by atoms with Gasteiger partial charge in [0.2, 0.25) is 0 Å². The van der Waals surface area contributed by atoms with E-state index in [1.807, 2.05) is 0 Å². The SMILES string of the molecule is C1CN[C@H]2CCNCC[C@@H]2C1. The summed E-state index contributed by atoms with van der Waals surface area (Å²) in [5, 5.41) is 7.08. The molecule has 0 aromatic heterocycles. The third kappa shape index (κ3) is 1.74. The van der Waals surface area contributed by atoms with Crippen LogP contribution < -0.4 is 10.6 Å². The van der Waals surface area contributed by atoms with Gasteiger partial charge in [0.05, 0.1) is 0 Å². The summed E-state index contributed by atoms with van der Waals surface area (Å²) in [4.78, 5) is 0. The predicted octanol–water partition coefficient (Wildman–Crippen LogP) is 0.738. The van der Waals surface area contributed by atoms with Gasteiger partial charge in [-0.3, -0.25) is 0 Å². The molecular weight excluding hydrogens is 136 g/mol. The van der Waals surface area contributed by atoms with Crippen molar-refractivity contribution in [2.75, 3.05) is 19.6 Å². The standard InChI is InChI=1S/C9H18N2/c1-2-8-3-6-10-7-4-9(8)11-5-1/h8-11H,1-7H2/t8-,9-/m0/s1. The lowest BCUT2D eigenvalue weighted by molar-refractivity contribution is 0.273. The summed E-state index contributed by atoms with van der Waals surface area (Å²) in [5.74, 6) is 0.971. The summed E-state index contributed by atoms with van der Waals surface area (Å²) in [6, 6.07) is 0.832. The first-order chi connectivity index (χ1) is 5.47. The molecule has 0 aromatic carbocycles. The molecule has 2 atom stereocenters. The van der Waals surface area contributed by atoms with E-state index in [0.717, 1.165) is 12.0 Å². The van der Waals surface area contributed by atoms with Crippen molar-refractivity contribution in [3.63, 3.8) is 0 Å². The molecule has 2 saturated heterocycles. The van der Waals surface area contributed by atoms with Gasteiger partial charge >= 0.3 is 0 Å². The molecule has 0 amide bonds. The van der Waals surface area contributed by atoms with Crippen LogP contribution in [0.4, 0.5) is 0 Å². The fourth-order valence-electron chi connectivity index (χ4n) is 2.37. The van der Waals surface area contributed by atoms with Gasteiger partial charge in [-0.05, 0) is 51.2 Å². The van der Waals surface area contributed by atoms with Crippen LogP contribution >= 0.6 is 0 Å². The molecule has 0 bridgehead atoms. The highest BCUT2D eigenvalue weighted by atomic mass is 15.0. The maximum absolute atomic E-state index is 3.62. The van der Waals surface area contributed by atoms with Gasteiger partial charge < -0.3 is 10.6 Å². The van der Waals surface area contributed by atoms with Crippen molar-refractivity contribution in [1.29, 1.82) is 0 Å². The lowest BCUT2D eigenvalue weighted by Crippen LogP contribution is -2.41. The molecule has 11 heavy (non-hydrogen) atoms. The Morgan fingerprint density at radius 3 is 2.82 bits per heavy atom. The predicted molar refractivity (Wildman–Crippen MR) is 46.6 cm³/mol. The first-order valence-corrected chi connectivity index (χ1v) is 4.91. The van der Waals surface area contributed by atoms with Crippen molar-refractivity contribution < 1.29 is 0 Å². The number of piperidine rings is 1. The van der Waals surface area contributed by atoms with E-state index in [1.165, 1.54) is 45.3 Å². The van der Waals surface area contributed by atoms with Crippen LogP contribution in [0, 0.1) is 5.92 Å². The van der Waals surface area contributed by atoms with E-state index in [1.54, 1.807) is 0 Å². The van der Waals surface area contributed by atoms with Crippen molar-refractivity contribution >= 4 is 0 Å². The van der Waals surface area contributed by atoms with Crippen molar-refractivity contribution in [3.8, 4) is 0 Å². The molecule has 64 valence electrons. The van der Waals surface area contributed by atoms with Crippen molar-refractivity contribution in [2.45, 2.75) is 31.7 Å². The van der Waals surface area contributed by atoms with Crippen molar-refractivity contribution in [3.05, 3.63) is 0 Å². The zero-order chi connectivity index (χ0) is 7.52. The van der Waals surface area contributed by atoms with Crippen LogP contribution in [-0.4, -0.2) is 25.7 Å². The minimum atomic E-state index is 0.832. The smallest absolute Gasteiger partial charge is 0.0108 e. The van der Waals surface area contributed by atoms with Crippen molar-refractivity contribution in [2.24, 2.45) is 5.92 Å². The second kappa shape index (κ2) is 3.55. The maximum Gasteiger partial charge on any atom is 0.0108 e. The highest BCUT2D eigenvalue weighted by molar-refractivity contribution is 4.84. The molecule has 2 aliphatic rings. The number of hydrogen-bond donors (Lipinski definition) is 2. The fourth-order valence-corrected chi connectivity index (χ4v) is 2.37. The van der Waals surface area contributed by atoms with Crippen molar-refractivity contribution in [1.82, 2.24) is 10.6 Å². The number of fused-ring (bicyclic) bond motifs is 1. The number of rotatable bonds is 0. The molecule has 2 heterocycles. The molecule has 0 aliphatic carbocycles. The fraction of sp³-hybridized carbons (Fsp3) is 1.00. The summed E-state index contributed by atoms with van der Waals surface area (Å²) in [6.07, 6.45) is 5.57. The molecule has 2 aliphatic heterocycles. The van der Waals surface area contributed by atoms with E-state index in [-0.39, 0.29) is 0 Å². The maximum atomic E-state index is 3.62. The average molecular weight is 154 g/mol. The molecular formula is C9H18N2. The molecule has 0 spiro atoms. The van der Waals surface area contributed by atoms with Crippen LogP contribution in [0.3, 0.4) is 0 Å². The van der Waals surface area contributed by atoms with E-state index in [2.05, 4.69) is 10.6 Å². The quantitative estimate of drug-likeness (QED) is 0.538. The Bertz CT molecular complexity index is 111. The van der Waals surface area contributed by atoms with E-state index in [4.69, 9.17) is 0 Å². The zero-order valence-corrected chi connectivity index (χ0v) is 7.10. The van der Waals surface area contributed by atoms with Gasteiger partial charge in [0.25, 0.3) is 0 Å². The Kier molecular flexibility index (Phi) is 2.44. The number of nitrogens with one attached hydrogen (secondary N) is 2. The molecule has 2 heteroatoms. The number of hydrogen-bond acceptors (Lipinski definition) is 2. The van der Waals surface area contributed by atoms with Gasteiger partial charge in [-0.25, -0.2) is 0 Å². The summed E-state index contributed by atoms with van der Waals surface area (Å²) in [7, 11) is 0. The normalized spacial score (nSPS) is 39.3. The highest BCUT2D eigenvalue weighted by Gasteiger charge is 2.25. The van der Waals surface area contributed by atoms with E-state index >= 15 is 0 Å². The lowest BCUT2D eigenvalue weighted by Gasteiger charge is -2.30. The van der Waals surface area contributed by atoms with E-state index < -0.39 is 0 Å². The van der Waals surface area contributed by atoms with Gasteiger partial charge in [-0.2, -0.15) is 0 Å². The first kappa shape index (κ1) is 7.56.